The number of para-hydroxylation sites is 1. The van der Waals surface area contributed by atoms with Gasteiger partial charge in [0.2, 0.25) is 11.8 Å². The standard InChI is InChI=1S/C32H37BrN4O2/c33-23-12-10-22(11-13-23)31-30-26(25-8-4-5-9-27(25)34-30)18-28-32(39)36(20-29(38)37(28)31)24-14-16-35(17-15-24)19-21-6-2-1-3-7-21/h4-5,8-13,21,24,28,31,34H,1-3,6-7,14-20H2/t28-,31-/m1/s1. The number of hydrogen-bond acceptors (Lipinski definition) is 3. The second kappa shape index (κ2) is 10.4. The number of carbonyl (C=O) groups excluding carboxylic acids is 2. The molecule has 2 amide bonds. The number of halogens is 1. The average Bonchev–Trinajstić information content (AvgIpc) is 3.34. The Labute approximate surface area is 238 Å². The van der Waals surface area contributed by atoms with Gasteiger partial charge in [0.25, 0.3) is 0 Å². The van der Waals surface area contributed by atoms with Crippen LogP contribution in [-0.2, 0) is 16.0 Å². The highest BCUT2D eigenvalue weighted by Gasteiger charge is 2.49. The van der Waals surface area contributed by atoms with E-state index in [2.05, 4.69) is 56.1 Å². The predicted octanol–water partition coefficient (Wildman–Crippen LogP) is 5.66. The molecule has 39 heavy (non-hydrogen) atoms. The SMILES string of the molecule is O=C1[C@H]2Cc3c([nH]c4ccccc34)[C@@H](c3ccc(Br)cc3)N2C(=O)CN1C1CCN(CC2CCCCC2)CC1. The number of carbonyl (C=O) groups is 2. The smallest absolute Gasteiger partial charge is 0.246 e. The number of benzene rings is 2. The molecular weight excluding hydrogens is 552 g/mol. The van der Waals surface area contributed by atoms with Gasteiger partial charge in [-0.25, -0.2) is 0 Å². The molecule has 7 heteroatoms. The van der Waals surface area contributed by atoms with Gasteiger partial charge < -0.3 is 19.7 Å². The fourth-order valence-corrected chi connectivity index (χ4v) is 8.00. The lowest BCUT2D eigenvalue weighted by Gasteiger charge is -2.50. The zero-order chi connectivity index (χ0) is 26.5. The lowest BCUT2D eigenvalue weighted by molar-refractivity contribution is -0.161. The first-order valence-corrected chi connectivity index (χ1v) is 15.5. The first-order chi connectivity index (χ1) is 19.1. The van der Waals surface area contributed by atoms with Crippen LogP contribution in [-0.4, -0.2) is 69.8 Å². The third-order valence-electron chi connectivity index (χ3n) is 9.72. The Morgan fingerprint density at radius 2 is 1.64 bits per heavy atom. The van der Waals surface area contributed by atoms with Crippen LogP contribution in [0.4, 0.5) is 0 Å². The molecule has 3 fully saturated rings. The number of piperazine rings is 1. The quantitative estimate of drug-likeness (QED) is 0.428. The van der Waals surface area contributed by atoms with E-state index < -0.39 is 6.04 Å². The van der Waals surface area contributed by atoms with Gasteiger partial charge in [0.15, 0.2) is 0 Å². The molecule has 2 saturated heterocycles. The fraction of sp³-hybridized carbons (Fsp3) is 0.500. The third-order valence-corrected chi connectivity index (χ3v) is 10.2. The number of hydrogen-bond donors (Lipinski definition) is 1. The molecule has 6 nitrogen and oxygen atoms in total. The number of piperidine rings is 1. The zero-order valence-electron chi connectivity index (χ0n) is 22.4. The summed E-state index contributed by atoms with van der Waals surface area (Å²) in [5, 5.41) is 1.16. The van der Waals surface area contributed by atoms with Crippen LogP contribution >= 0.6 is 15.9 Å². The van der Waals surface area contributed by atoms with Crippen molar-refractivity contribution in [3.8, 4) is 0 Å². The van der Waals surface area contributed by atoms with Gasteiger partial charge in [-0.3, -0.25) is 9.59 Å². The van der Waals surface area contributed by atoms with Gasteiger partial charge in [0, 0.05) is 53.2 Å². The van der Waals surface area contributed by atoms with E-state index in [9.17, 15) is 9.59 Å². The van der Waals surface area contributed by atoms with Gasteiger partial charge in [0.05, 0.1) is 6.04 Å². The Kier molecular flexibility index (Phi) is 6.76. The Morgan fingerprint density at radius 1 is 0.897 bits per heavy atom. The van der Waals surface area contributed by atoms with E-state index in [-0.39, 0.29) is 30.4 Å². The van der Waals surface area contributed by atoms with E-state index in [1.165, 1.54) is 44.2 Å². The summed E-state index contributed by atoms with van der Waals surface area (Å²) in [6.45, 7) is 3.45. The highest BCUT2D eigenvalue weighted by molar-refractivity contribution is 9.10. The molecule has 0 unspecified atom stereocenters. The summed E-state index contributed by atoms with van der Waals surface area (Å²) in [5.41, 5.74) is 4.30. The molecule has 1 saturated carbocycles. The molecule has 2 aromatic carbocycles. The van der Waals surface area contributed by atoms with Crippen molar-refractivity contribution >= 4 is 38.6 Å². The van der Waals surface area contributed by atoms with Crippen LogP contribution in [0.1, 0.15) is 67.8 Å². The molecule has 0 bridgehead atoms. The van der Waals surface area contributed by atoms with Crippen molar-refractivity contribution in [2.75, 3.05) is 26.2 Å². The number of rotatable bonds is 4. The minimum absolute atomic E-state index is 0.0569. The third kappa shape index (κ3) is 4.61. The van der Waals surface area contributed by atoms with E-state index in [1.807, 2.05) is 28.0 Å². The molecular formula is C32H37BrN4O2. The zero-order valence-corrected chi connectivity index (χ0v) is 24.0. The summed E-state index contributed by atoms with van der Waals surface area (Å²) in [7, 11) is 0. The van der Waals surface area contributed by atoms with Crippen LogP contribution < -0.4 is 0 Å². The van der Waals surface area contributed by atoms with E-state index >= 15 is 0 Å². The maximum atomic E-state index is 14.2. The van der Waals surface area contributed by atoms with Crippen molar-refractivity contribution < 1.29 is 9.59 Å². The van der Waals surface area contributed by atoms with Crippen LogP contribution in [0.3, 0.4) is 0 Å². The molecule has 3 aromatic rings. The van der Waals surface area contributed by atoms with Gasteiger partial charge in [-0.2, -0.15) is 0 Å². The Morgan fingerprint density at radius 3 is 2.41 bits per heavy atom. The second-order valence-electron chi connectivity index (χ2n) is 12.0. The van der Waals surface area contributed by atoms with E-state index in [0.29, 0.717) is 6.42 Å². The molecule has 1 N–H and O–H groups in total. The first kappa shape index (κ1) is 25.3. The Hall–Kier alpha value is -2.64. The number of fused-ring (bicyclic) bond motifs is 4. The number of nitrogens with one attached hydrogen (secondary N) is 1. The van der Waals surface area contributed by atoms with Crippen LogP contribution in [0.15, 0.2) is 53.0 Å². The van der Waals surface area contributed by atoms with E-state index in [4.69, 9.17) is 0 Å². The highest BCUT2D eigenvalue weighted by atomic mass is 79.9. The average molecular weight is 590 g/mol. The van der Waals surface area contributed by atoms with Crippen molar-refractivity contribution in [2.24, 2.45) is 5.92 Å². The maximum absolute atomic E-state index is 14.2. The number of aromatic amines is 1. The lowest BCUT2D eigenvalue weighted by Crippen LogP contribution is -2.65. The Balaban J connectivity index is 1.16. The molecule has 1 aliphatic carbocycles. The molecule has 1 aromatic heterocycles. The topological polar surface area (TPSA) is 59.7 Å². The monoisotopic (exact) mass is 588 g/mol. The van der Waals surface area contributed by atoms with Crippen LogP contribution in [0.2, 0.25) is 0 Å². The summed E-state index contributed by atoms with van der Waals surface area (Å²) in [6.07, 6.45) is 9.38. The summed E-state index contributed by atoms with van der Waals surface area (Å²) in [6, 6.07) is 15.9. The van der Waals surface area contributed by atoms with Crippen molar-refractivity contribution in [3.63, 3.8) is 0 Å². The van der Waals surface area contributed by atoms with Crippen molar-refractivity contribution in [2.45, 2.75) is 69.5 Å². The molecule has 4 aliphatic rings. The van der Waals surface area contributed by atoms with E-state index in [0.717, 1.165) is 58.5 Å². The minimum Gasteiger partial charge on any atom is -0.356 e. The van der Waals surface area contributed by atoms with Crippen molar-refractivity contribution in [3.05, 3.63) is 69.8 Å². The first-order valence-electron chi connectivity index (χ1n) is 14.8. The van der Waals surface area contributed by atoms with E-state index in [1.54, 1.807) is 0 Å². The van der Waals surface area contributed by atoms with Crippen molar-refractivity contribution in [1.29, 1.82) is 0 Å². The Bertz CT molecular complexity index is 1370. The van der Waals surface area contributed by atoms with Gasteiger partial charge in [-0.05, 0) is 60.9 Å². The second-order valence-corrected chi connectivity index (χ2v) is 13.0. The highest BCUT2D eigenvalue weighted by Crippen LogP contribution is 2.43. The molecule has 0 spiro atoms. The van der Waals surface area contributed by atoms with Crippen LogP contribution in [0.5, 0.6) is 0 Å². The number of aromatic nitrogens is 1. The van der Waals surface area contributed by atoms with Crippen molar-refractivity contribution in [1.82, 2.24) is 19.7 Å². The maximum Gasteiger partial charge on any atom is 0.246 e. The number of likely N-dealkylation sites (tertiary alicyclic amines) is 1. The fourth-order valence-electron chi connectivity index (χ4n) is 7.74. The van der Waals surface area contributed by atoms with Crippen LogP contribution in [0, 0.1) is 5.92 Å². The molecule has 4 heterocycles. The summed E-state index contributed by atoms with van der Waals surface area (Å²) < 4.78 is 0.998. The summed E-state index contributed by atoms with van der Waals surface area (Å²) >= 11 is 3.55. The van der Waals surface area contributed by atoms with Gasteiger partial charge in [-0.1, -0.05) is 65.5 Å². The molecule has 0 radical (unpaired) electrons. The van der Waals surface area contributed by atoms with Gasteiger partial charge >= 0.3 is 0 Å². The molecule has 3 aliphatic heterocycles. The molecule has 7 rings (SSSR count). The van der Waals surface area contributed by atoms with Gasteiger partial charge in [0.1, 0.15) is 12.6 Å². The number of H-pyrrole nitrogens is 1. The van der Waals surface area contributed by atoms with Crippen LogP contribution in [0.25, 0.3) is 10.9 Å². The molecule has 204 valence electrons. The summed E-state index contributed by atoms with van der Waals surface area (Å²) in [5.74, 6) is 1.02. The number of nitrogens with zero attached hydrogens (tertiary/aromatic N) is 3. The largest absolute Gasteiger partial charge is 0.356 e. The normalized spacial score (nSPS) is 25.3. The summed E-state index contributed by atoms with van der Waals surface area (Å²) in [4.78, 5) is 38.2. The molecule has 2 atom stereocenters. The predicted molar refractivity (Wildman–Crippen MR) is 156 cm³/mol. The lowest BCUT2D eigenvalue weighted by atomic mass is 9.85. The minimum atomic E-state index is -0.466. The number of amides is 2. The van der Waals surface area contributed by atoms with Gasteiger partial charge in [-0.15, -0.1) is 0 Å².